The molecular formula is C66H72F9N17O11. The highest BCUT2D eigenvalue weighted by Gasteiger charge is 2.45. The third-order valence-electron chi connectivity index (χ3n) is 17.4. The zero-order chi connectivity index (χ0) is 74.2. The minimum Gasteiger partial charge on any atom is -0.493 e. The van der Waals surface area contributed by atoms with Crippen LogP contribution in [-0.2, 0) is 0 Å². The fraction of sp³-hybridized carbons (Fsp3) is 0.439. The normalized spacial score (nSPS) is 17.5. The fourth-order valence-electron chi connectivity index (χ4n) is 12.0. The number of nitrogens with zero attached hydrogens (tertiary/aromatic N) is 13. The highest BCUT2D eigenvalue weighted by Crippen LogP contribution is 2.43. The van der Waals surface area contributed by atoms with E-state index in [1.54, 1.807) is 36.4 Å². The van der Waals surface area contributed by atoms with E-state index in [0.29, 0.717) is 107 Å². The van der Waals surface area contributed by atoms with Crippen molar-refractivity contribution >= 4 is 93.5 Å². The fourth-order valence-corrected chi connectivity index (χ4v) is 12.0. The molecule has 12 rings (SSSR count). The Morgan fingerprint density at radius 1 is 0.573 bits per heavy atom. The van der Waals surface area contributed by atoms with Gasteiger partial charge >= 0.3 is 42.6 Å². The largest absolute Gasteiger partial charge is 0.493 e. The number of aromatic nitrogens is 6. The molecule has 0 unspecified atom stereocenters. The molecule has 0 spiro atoms. The number of aliphatic hydroxyl groups excluding tert-OH is 1. The van der Waals surface area contributed by atoms with Gasteiger partial charge in [0.05, 0.1) is 59.7 Å². The van der Waals surface area contributed by atoms with Crippen molar-refractivity contribution in [1.29, 1.82) is 0 Å². The van der Waals surface area contributed by atoms with Crippen LogP contribution in [0.15, 0.2) is 91.4 Å². The molecule has 37 heteroatoms. The number of aliphatic hydroxyl groups is 1. The second-order valence-electron chi connectivity index (χ2n) is 25.1. The average Bonchev–Trinajstić information content (AvgIpc) is 1.69. The van der Waals surface area contributed by atoms with Crippen LogP contribution in [0, 0.1) is 5.92 Å². The molecule has 6 aliphatic heterocycles. The topological polar surface area (TPSA) is 327 Å². The maximum absolute atomic E-state index is 13.4. The first-order chi connectivity index (χ1) is 48.8. The van der Waals surface area contributed by atoms with E-state index in [9.17, 15) is 73.1 Å². The van der Waals surface area contributed by atoms with Crippen LogP contribution in [-0.4, -0.2) is 209 Å². The smallest absolute Gasteiger partial charge is 0.408 e. The molecule has 28 nitrogen and oxygen atoms in total. The number of hydrogen-bond acceptors (Lipinski definition) is 20. The number of nitrogens with one attached hydrogen (secondary N) is 4. The molecule has 550 valence electrons. The molecule has 6 aromatic heterocycles. The van der Waals surface area contributed by atoms with E-state index in [1.807, 2.05) is 34.1 Å². The van der Waals surface area contributed by atoms with Gasteiger partial charge in [-0.2, -0.15) is 39.5 Å². The van der Waals surface area contributed by atoms with Crippen molar-refractivity contribution in [3.8, 4) is 11.5 Å². The van der Waals surface area contributed by atoms with E-state index in [2.05, 4.69) is 50.8 Å². The number of carbonyl (C=O) groups excluding carboxylic acids is 6. The van der Waals surface area contributed by atoms with Crippen molar-refractivity contribution in [2.45, 2.75) is 101 Å². The number of anilines is 9. The van der Waals surface area contributed by atoms with Crippen LogP contribution < -0.4 is 60.1 Å². The Kier molecular flexibility index (Phi) is 23.0. The van der Waals surface area contributed by atoms with Crippen LogP contribution in [0.4, 0.5) is 106 Å². The highest BCUT2D eigenvalue weighted by atomic mass is 19.4. The van der Waals surface area contributed by atoms with Crippen molar-refractivity contribution in [2.75, 3.05) is 125 Å². The SMILES string of the molecule is C[C@@H](CC(=O)c1ccc2c(n1)N(C(=O)Nc1cc(OCCN(C)C)ccn1)[C@H]1CCN2C1)C(F)(F)F.C[C@@H](NC(=O)c1ccc2c(n1)N(C(=O)Nc1cc(OCCCO)ccn1)[C@H]1CCN2C1)C(F)(F)F.O=C(O)c1ccnc(NC(=O)N2c3nc(C(=O)CCC(F)(F)F)ccc3N3CC[C@H]2C3)c1. The van der Waals surface area contributed by atoms with Gasteiger partial charge in [-0.25, -0.2) is 49.1 Å². The van der Waals surface area contributed by atoms with Crippen molar-refractivity contribution in [1.82, 2.24) is 40.1 Å². The standard InChI is InChI=1S/C24H29F3N6O3.C22H25F3N6O4.C20H18F3N5O4/c1-15(24(25,26)27)12-20(34)18-4-5-19-22(29-18)33(16-7-9-32(19)14-16)23(35)30-21-13-17(6-8-28-21)36-11-10-31(2)3;1-13(22(23,24)25)27-20(33)16-3-4-17-19(28-16)31(14-6-8-30(17)12-14)21(34)29-18-11-15(5-7-26-18)35-10-2-9-32;21-20(22,23)6-3-15(29)13-1-2-14-17(25-13)28(12-5-8-27(14)10-12)19(32)26-16-9-11(18(30)31)4-7-24-16/h4-6,8,13,15-16H,7,9-12,14H2,1-3H3,(H,28,30,35);3-5,7,11,13-14,32H,2,6,8-10,12H2,1H3,(H,27,33)(H,26,29,34);1-2,4,7,9,12H,3,5-6,8,10H2,(H,30,31)(H,24,26,32)/t15-,16-;13-,14+;12-/m010/s1. The van der Waals surface area contributed by atoms with Gasteiger partial charge in [0, 0.05) is 102 Å². The minimum atomic E-state index is -4.59. The Bertz CT molecular complexity index is 4140. The number of ether oxygens (including phenoxy) is 2. The summed E-state index contributed by atoms with van der Waals surface area (Å²) in [4.78, 5) is 126. The van der Waals surface area contributed by atoms with Crippen LogP contribution in [0.5, 0.6) is 11.5 Å². The number of rotatable bonds is 20. The molecule has 3 fully saturated rings. The molecule has 5 atom stereocenters. The Balaban J connectivity index is 0.000000166. The van der Waals surface area contributed by atoms with E-state index in [-0.39, 0.29) is 82.3 Å². The van der Waals surface area contributed by atoms with Crippen molar-refractivity contribution in [3.05, 3.63) is 114 Å². The number of carbonyl (C=O) groups is 7. The summed E-state index contributed by atoms with van der Waals surface area (Å²) in [6, 6.07) is 13.5. The summed E-state index contributed by atoms with van der Waals surface area (Å²) in [5, 5.41) is 27.9. The number of hydrogen-bond donors (Lipinski definition) is 6. The van der Waals surface area contributed by atoms with Gasteiger partial charge in [0.1, 0.15) is 58.7 Å². The summed E-state index contributed by atoms with van der Waals surface area (Å²) in [5.41, 5.74) is 1.33. The molecule has 3 saturated heterocycles. The molecule has 6 N–H and O–H groups in total. The van der Waals surface area contributed by atoms with Crippen LogP contribution in [0.25, 0.3) is 0 Å². The number of carboxylic acids is 1. The van der Waals surface area contributed by atoms with Gasteiger partial charge in [-0.05, 0) is 101 Å². The maximum Gasteiger partial charge on any atom is 0.408 e. The van der Waals surface area contributed by atoms with E-state index in [4.69, 9.17) is 19.7 Å². The van der Waals surface area contributed by atoms with Crippen molar-refractivity contribution in [2.24, 2.45) is 5.92 Å². The monoisotopic (exact) mass is 1450 g/mol. The van der Waals surface area contributed by atoms with E-state index < -0.39 is 91.3 Å². The number of urea groups is 3. The number of fused-ring (bicyclic) bond motifs is 12. The Labute approximate surface area is 582 Å². The number of amides is 7. The number of ketones is 2. The quantitative estimate of drug-likeness (QED) is 0.0235. The molecule has 0 aliphatic carbocycles. The summed E-state index contributed by atoms with van der Waals surface area (Å²) < 4.78 is 126. The Morgan fingerprint density at radius 3 is 1.43 bits per heavy atom. The van der Waals surface area contributed by atoms with Crippen LogP contribution in [0.1, 0.15) is 101 Å². The first-order valence-electron chi connectivity index (χ1n) is 32.6. The molecule has 6 aliphatic rings. The molecule has 6 aromatic rings. The first kappa shape index (κ1) is 75.0. The average molecular weight is 1450 g/mol. The number of alkyl halides is 9. The second kappa shape index (κ2) is 31.7. The summed E-state index contributed by atoms with van der Waals surface area (Å²) in [7, 11) is 3.87. The zero-order valence-corrected chi connectivity index (χ0v) is 55.9. The van der Waals surface area contributed by atoms with Crippen LogP contribution >= 0.6 is 0 Å². The summed E-state index contributed by atoms with van der Waals surface area (Å²) in [6.07, 6.45) is -9.55. The number of pyridine rings is 6. The van der Waals surface area contributed by atoms with E-state index in [1.165, 1.54) is 69.7 Å². The van der Waals surface area contributed by atoms with Crippen molar-refractivity contribution < 1.29 is 92.8 Å². The molecule has 103 heavy (non-hydrogen) atoms. The lowest BCUT2D eigenvalue weighted by molar-refractivity contribution is -0.168. The minimum absolute atomic E-state index is 0.0103. The van der Waals surface area contributed by atoms with Crippen LogP contribution in [0.2, 0.25) is 0 Å². The predicted molar refractivity (Wildman–Crippen MR) is 357 cm³/mol. The second-order valence-corrected chi connectivity index (χ2v) is 25.1. The van der Waals surface area contributed by atoms with E-state index in [0.717, 1.165) is 20.4 Å². The summed E-state index contributed by atoms with van der Waals surface area (Å²) >= 11 is 0. The lowest BCUT2D eigenvalue weighted by Crippen LogP contribution is -2.49. The Morgan fingerprint density at radius 2 is 1.00 bits per heavy atom. The number of Topliss-reactive ketones (excluding diaryl/α,β-unsaturated/α-hetero) is 2. The van der Waals surface area contributed by atoms with Gasteiger partial charge in [0.15, 0.2) is 29.0 Å². The van der Waals surface area contributed by atoms with E-state index >= 15 is 0 Å². The van der Waals surface area contributed by atoms with Gasteiger partial charge in [0.25, 0.3) is 5.91 Å². The first-order valence-corrected chi connectivity index (χ1v) is 32.6. The number of halogens is 9. The van der Waals surface area contributed by atoms with Gasteiger partial charge in [0.2, 0.25) is 0 Å². The molecule has 0 saturated carbocycles. The molecular weight excluding hydrogens is 1380 g/mol. The highest BCUT2D eigenvalue weighted by molar-refractivity contribution is 6.08. The third-order valence-corrected chi connectivity index (χ3v) is 17.4. The molecule has 0 radical (unpaired) electrons. The number of aromatic carboxylic acids is 1. The van der Waals surface area contributed by atoms with Gasteiger partial charge in [-0.3, -0.25) is 45.0 Å². The van der Waals surface area contributed by atoms with Gasteiger partial charge in [-0.1, -0.05) is 6.92 Å². The number of likely N-dealkylation sites (N-methyl/N-ethyl adjacent to an activating group) is 1. The predicted octanol–water partition coefficient (Wildman–Crippen LogP) is 9.70. The van der Waals surface area contributed by atoms with Crippen LogP contribution in [0.3, 0.4) is 0 Å². The zero-order valence-electron chi connectivity index (χ0n) is 55.9. The molecule has 0 aromatic carbocycles. The van der Waals surface area contributed by atoms with Crippen molar-refractivity contribution in [3.63, 3.8) is 0 Å². The lowest BCUT2D eigenvalue weighted by Gasteiger charge is -2.35. The maximum atomic E-state index is 13.4. The Hall–Kier alpha value is -10.7. The molecule has 12 heterocycles. The molecule has 7 amide bonds. The summed E-state index contributed by atoms with van der Waals surface area (Å²) in [5.74, 6) is -3.27. The summed E-state index contributed by atoms with van der Waals surface area (Å²) in [6.45, 7) is 7.01. The number of carboxylic acid groups (broad SMARTS) is 1. The lowest BCUT2D eigenvalue weighted by atomic mass is 10.0. The van der Waals surface area contributed by atoms with Gasteiger partial charge < -0.3 is 44.6 Å². The van der Waals surface area contributed by atoms with Gasteiger partial charge in [-0.15, -0.1) is 0 Å². The third kappa shape index (κ3) is 18.5. The molecule has 6 bridgehead atoms.